The zero-order chi connectivity index (χ0) is 37.2. The molecule has 0 N–H and O–H groups in total. The van der Waals surface area contributed by atoms with Gasteiger partial charge in [-0.1, -0.05) is 205 Å². The van der Waals surface area contributed by atoms with Crippen LogP contribution >= 0.6 is 15.8 Å². The molecule has 0 radical (unpaired) electrons. The van der Waals surface area contributed by atoms with Gasteiger partial charge in [0, 0.05) is 15.2 Å². The number of fused-ring (bicyclic) bond motifs is 4. The second-order valence-electron chi connectivity index (χ2n) is 16.9. The number of hydrogen-bond acceptors (Lipinski definition) is 0. The van der Waals surface area contributed by atoms with E-state index in [0.29, 0.717) is 0 Å². The normalized spacial score (nSPS) is 21.6. The average Bonchev–Trinajstić information content (AvgIpc) is 3.93. The summed E-state index contributed by atoms with van der Waals surface area (Å²) in [5, 5.41) is 11.4. The maximum atomic E-state index is 2.58. The van der Waals surface area contributed by atoms with Gasteiger partial charge >= 0.3 is 0 Å². The molecule has 3 aliphatic rings. The van der Waals surface area contributed by atoms with Gasteiger partial charge in [0.05, 0.1) is 0 Å². The molecule has 2 atom stereocenters. The molecule has 2 saturated heterocycles. The van der Waals surface area contributed by atoms with Gasteiger partial charge in [-0.3, -0.25) is 0 Å². The Balaban J connectivity index is 1.24. The van der Waals surface area contributed by atoms with Gasteiger partial charge in [-0.05, 0) is 116 Å². The van der Waals surface area contributed by atoms with Crippen molar-refractivity contribution in [1.29, 1.82) is 0 Å². The Morgan fingerprint density at radius 3 is 0.929 bits per heavy atom. The van der Waals surface area contributed by atoms with Crippen LogP contribution in [0.3, 0.4) is 0 Å². The highest BCUT2D eigenvalue weighted by Crippen LogP contribution is 2.89. The largest absolute Gasteiger partial charge is 0.0802 e. The van der Waals surface area contributed by atoms with Crippen LogP contribution in [0.4, 0.5) is 0 Å². The van der Waals surface area contributed by atoms with Gasteiger partial charge in [0.15, 0.2) is 0 Å². The molecule has 2 unspecified atom stereocenters. The first-order chi connectivity index (χ1) is 27.7. The molecule has 56 heavy (non-hydrogen) atoms. The first-order valence-electron chi connectivity index (χ1n) is 21.2. The number of rotatable bonds is 6. The summed E-state index contributed by atoms with van der Waals surface area (Å²) >= 11 is 0. The predicted molar refractivity (Wildman–Crippen MR) is 245 cm³/mol. The third kappa shape index (κ3) is 5.11. The van der Waals surface area contributed by atoms with E-state index in [9.17, 15) is 0 Å². The molecule has 0 aromatic heterocycles. The van der Waals surface area contributed by atoms with Crippen molar-refractivity contribution in [2.45, 2.75) is 73.0 Å². The summed E-state index contributed by atoms with van der Waals surface area (Å²) in [6.07, 6.45) is 14.7. The minimum atomic E-state index is -0.502. The summed E-state index contributed by atoms with van der Waals surface area (Å²) < 4.78 is 0. The molecule has 1 aliphatic carbocycles. The first kappa shape index (κ1) is 34.9. The Morgan fingerprint density at radius 1 is 0.286 bits per heavy atom. The maximum absolute atomic E-state index is 2.58. The van der Waals surface area contributed by atoms with E-state index in [4.69, 9.17) is 0 Å². The molecule has 3 fully saturated rings. The molecule has 0 amide bonds. The molecule has 1 saturated carbocycles. The summed E-state index contributed by atoms with van der Waals surface area (Å²) in [5.74, 6) is 0. The highest BCUT2D eigenvalue weighted by molar-refractivity contribution is 7.79. The zero-order valence-corrected chi connectivity index (χ0v) is 34.1. The summed E-state index contributed by atoms with van der Waals surface area (Å²) in [6, 6.07) is 66.7. The molecule has 0 spiro atoms. The fraction of sp³-hybridized carbons (Fsp3) is 0.259. The molecule has 2 heterocycles. The van der Waals surface area contributed by atoms with Crippen molar-refractivity contribution < 1.29 is 0 Å². The van der Waals surface area contributed by atoms with E-state index in [0.717, 1.165) is 0 Å². The van der Waals surface area contributed by atoms with E-state index >= 15 is 0 Å². The first-order valence-corrected chi connectivity index (χ1v) is 24.3. The lowest BCUT2D eigenvalue weighted by Crippen LogP contribution is -2.41. The fourth-order valence-corrected chi connectivity index (χ4v) is 23.6. The topological polar surface area (TPSA) is 0 Å². The van der Waals surface area contributed by atoms with Crippen LogP contribution in [0.5, 0.6) is 0 Å². The van der Waals surface area contributed by atoms with Gasteiger partial charge in [-0.2, -0.15) is 0 Å². The monoisotopic (exact) mass is 760 g/mol. The molecule has 2 aliphatic heterocycles. The lowest BCUT2D eigenvalue weighted by atomic mass is 9.82. The second kappa shape index (κ2) is 13.9. The SMILES string of the molecule is c1ccc2c(C3(c4cccc5ccccc45)CCCP3C3(P4CCCC4(c4cccc5ccccc45)c4cccc5ccccc45)CCCCC3)cccc2c1. The van der Waals surface area contributed by atoms with Crippen molar-refractivity contribution >= 4 is 58.9 Å². The summed E-state index contributed by atoms with van der Waals surface area (Å²) in [6.45, 7) is 0. The molecule has 276 valence electrons. The van der Waals surface area contributed by atoms with Crippen molar-refractivity contribution in [1.82, 2.24) is 0 Å². The fourth-order valence-electron chi connectivity index (χ4n) is 12.3. The third-order valence-electron chi connectivity index (χ3n) is 14.4. The van der Waals surface area contributed by atoms with E-state index in [2.05, 4.69) is 170 Å². The number of hydrogen-bond donors (Lipinski definition) is 0. The molecule has 8 aromatic rings. The van der Waals surface area contributed by atoms with Crippen molar-refractivity contribution in [3.05, 3.63) is 192 Å². The highest BCUT2D eigenvalue weighted by atomic mass is 31.2. The van der Waals surface area contributed by atoms with Crippen LogP contribution in [0.1, 0.15) is 80.0 Å². The van der Waals surface area contributed by atoms with Crippen LogP contribution in [0.15, 0.2) is 170 Å². The van der Waals surface area contributed by atoms with E-state index < -0.39 is 15.8 Å². The molecular formula is C54H50P2. The van der Waals surface area contributed by atoms with Gasteiger partial charge in [-0.15, -0.1) is 0 Å². The quantitative estimate of drug-likeness (QED) is 0.148. The molecule has 0 bridgehead atoms. The van der Waals surface area contributed by atoms with Crippen LogP contribution in [0.25, 0.3) is 43.1 Å². The van der Waals surface area contributed by atoms with Gasteiger partial charge in [-0.25, -0.2) is 0 Å². The average molecular weight is 761 g/mol. The van der Waals surface area contributed by atoms with Gasteiger partial charge in [0.1, 0.15) is 0 Å². The molecule has 0 nitrogen and oxygen atoms in total. The minimum Gasteiger partial charge on any atom is -0.0802 e. The lowest BCUT2D eigenvalue weighted by Gasteiger charge is -2.58. The van der Waals surface area contributed by atoms with Crippen molar-refractivity contribution in [2.24, 2.45) is 0 Å². The molecule has 11 rings (SSSR count). The third-order valence-corrected chi connectivity index (χ3v) is 23.5. The Labute approximate surface area is 334 Å². The molecule has 8 aromatic carbocycles. The van der Waals surface area contributed by atoms with Crippen LogP contribution < -0.4 is 0 Å². The zero-order valence-electron chi connectivity index (χ0n) is 32.3. The van der Waals surface area contributed by atoms with Crippen LogP contribution in [0.2, 0.25) is 0 Å². The van der Waals surface area contributed by atoms with E-state index in [1.807, 2.05) is 0 Å². The smallest absolute Gasteiger partial charge is 0.0422 e. The second-order valence-corrected chi connectivity index (χ2v) is 23.1. The number of benzene rings is 8. The van der Waals surface area contributed by atoms with E-state index in [-0.39, 0.29) is 15.2 Å². The van der Waals surface area contributed by atoms with Crippen LogP contribution in [-0.4, -0.2) is 17.2 Å². The molecule has 2 heteroatoms. The van der Waals surface area contributed by atoms with E-state index in [1.54, 1.807) is 22.3 Å². The Hall–Kier alpha value is -4.34. The van der Waals surface area contributed by atoms with Crippen molar-refractivity contribution in [2.75, 3.05) is 12.3 Å². The van der Waals surface area contributed by atoms with Crippen LogP contribution in [0, 0.1) is 0 Å². The Bertz CT molecular complexity index is 2370. The van der Waals surface area contributed by atoms with Crippen LogP contribution in [-0.2, 0) is 10.3 Å². The summed E-state index contributed by atoms with van der Waals surface area (Å²) in [7, 11) is -1.00. The Morgan fingerprint density at radius 2 is 0.589 bits per heavy atom. The Kier molecular flexibility index (Phi) is 8.68. The highest BCUT2D eigenvalue weighted by Gasteiger charge is 2.63. The molecular weight excluding hydrogens is 711 g/mol. The predicted octanol–water partition coefficient (Wildman–Crippen LogP) is 15.7. The van der Waals surface area contributed by atoms with E-state index in [1.165, 1.54) is 113 Å². The van der Waals surface area contributed by atoms with Gasteiger partial charge < -0.3 is 0 Å². The van der Waals surface area contributed by atoms with Crippen molar-refractivity contribution in [3.63, 3.8) is 0 Å². The van der Waals surface area contributed by atoms with Crippen molar-refractivity contribution in [3.8, 4) is 0 Å². The standard InChI is InChI=1S/C54H50P2/c1-10-34-52(35-11-1,55-38-16-36-53(55,48-30-12-22-40-18-2-6-26-44(40)48)49-31-13-23-41-19-3-7-27-45(41)49)56-39-17-37-54(56,50-32-14-24-42-20-4-8-28-46(42)50)51-33-15-25-43-21-5-9-29-47(43)51/h2-9,12-15,18-33H,1,10-11,16-17,34-39H2. The van der Waals surface area contributed by atoms with Gasteiger partial charge in [0.25, 0.3) is 0 Å². The summed E-state index contributed by atoms with van der Waals surface area (Å²) in [5.41, 5.74) is 6.43. The van der Waals surface area contributed by atoms with Gasteiger partial charge in [0.2, 0.25) is 0 Å². The summed E-state index contributed by atoms with van der Waals surface area (Å²) in [4.78, 5) is 0.289. The lowest BCUT2D eigenvalue weighted by molar-refractivity contribution is 0.470. The maximum Gasteiger partial charge on any atom is 0.0422 e. The minimum absolute atomic E-state index is 0.0252.